The molecule has 0 amide bonds. The summed E-state index contributed by atoms with van der Waals surface area (Å²) < 4.78 is 31.2. The molecule has 1 aliphatic heterocycles. The molecular weight excluding hydrogens is 494 g/mol. The summed E-state index contributed by atoms with van der Waals surface area (Å²) in [5.41, 5.74) is 2.76. The van der Waals surface area contributed by atoms with Crippen molar-refractivity contribution in [2.75, 3.05) is 44.7 Å². The molecule has 1 aromatic heterocycles. The van der Waals surface area contributed by atoms with Crippen molar-refractivity contribution in [3.63, 3.8) is 0 Å². The van der Waals surface area contributed by atoms with E-state index < -0.39 is 10.0 Å². The van der Waals surface area contributed by atoms with E-state index in [0.717, 1.165) is 55.4 Å². The molecule has 2 aromatic carbocycles. The van der Waals surface area contributed by atoms with Crippen LogP contribution in [0.5, 0.6) is 0 Å². The molecule has 0 N–H and O–H groups in total. The zero-order valence-corrected chi connectivity index (χ0v) is 23.1. The van der Waals surface area contributed by atoms with Crippen LogP contribution < -0.4 is 4.90 Å². The highest BCUT2D eigenvalue weighted by molar-refractivity contribution is 7.89. The Bertz CT molecular complexity index is 1250. The van der Waals surface area contributed by atoms with E-state index in [-0.39, 0.29) is 11.4 Å². The first-order valence-corrected chi connectivity index (χ1v) is 14.3. The molecule has 3 aromatic rings. The molecule has 2 heterocycles. The first-order chi connectivity index (χ1) is 17.2. The Morgan fingerprint density at radius 3 is 2.25 bits per heavy atom. The minimum absolute atomic E-state index is 0.255. The van der Waals surface area contributed by atoms with Gasteiger partial charge < -0.3 is 9.80 Å². The molecule has 0 unspecified atom stereocenters. The molecule has 0 radical (unpaired) electrons. The number of para-hydroxylation sites is 1. The highest BCUT2D eigenvalue weighted by Crippen LogP contribution is 2.31. The summed E-state index contributed by atoms with van der Waals surface area (Å²) in [5.74, 6) is 1.35. The summed E-state index contributed by atoms with van der Waals surface area (Å²) in [7, 11) is -1.60. The number of hydrogen-bond donors (Lipinski definition) is 0. The van der Waals surface area contributed by atoms with Crippen LogP contribution in [0.25, 0.3) is 5.69 Å². The van der Waals surface area contributed by atoms with Crippen LogP contribution in [0, 0.1) is 12.8 Å². The van der Waals surface area contributed by atoms with E-state index in [1.165, 1.54) is 0 Å². The number of anilines is 1. The predicted octanol–water partition coefficient (Wildman–Crippen LogP) is 4.82. The van der Waals surface area contributed by atoms with Gasteiger partial charge >= 0.3 is 0 Å². The Labute approximate surface area is 220 Å². The van der Waals surface area contributed by atoms with Crippen LogP contribution in [-0.4, -0.2) is 67.2 Å². The van der Waals surface area contributed by atoms with E-state index >= 15 is 0 Å². The van der Waals surface area contributed by atoms with Gasteiger partial charge in [-0.3, -0.25) is 0 Å². The van der Waals surface area contributed by atoms with Crippen molar-refractivity contribution in [1.82, 2.24) is 19.0 Å². The molecule has 0 atom stereocenters. The summed E-state index contributed by atoms with van der Waals surface area (Å²) in [6.07, 6.45) is 0.766. The van der Waals surface area contributed by atoms with Crippen LogP contribution in [0.4, 0.5) is 5.82 Å². The number of likely N-dealkylation sites (N-methyl/N-ethyl adjacent to an activating group) is 1. The maximum atomic E-state index is 13.8. The zero-order valence-electron chi connectivity index (χ0n) is 21.6. The van der Waals surface area contributed by atoms with Crippen LogP contribution in [0.15, 0.2) is 59.5 Å². The molecule has 7 nitrogen and oxygen atoms in total. The van der Waals surface area contributed by atoms with E-state index in [9.17, 15) is 8.42 Å². The summed E-state index contributed by atoms with van der Waals surface area (Å²) in [4.78, 5) is 4.91. The van der Waals surface area contributed by atoms with Gasteiger partial charge in [0, 0.05) is 49.9 Å². The lowest BCUT2D eigenvalue weighted by Crippen LogP contribution is -2.45. The van der Waals surface area contributed by atoms with Gasteiger partial charge in [-0.25, -0.2) is 13.1 Å². The van der Waals surface area contributed by atoms with Gasteiger partial charge in [0.1, 0.15) is 5.82 Å². The molecule has 194 valence electrons. The normalized spacial score (nSPS) is 15.2. The first kappa shape index (κ1) is 26.7. The predicted molar refractivity (Wildman–Crippen MR) is 147 cm³/mol. The maximum absolute atomic E-state index is 13.8. The van der Waals surface area contributed by atoms with Crippen LogP contribution >= 0.6 is 11.6 Å². The number of aromatic nitrogens is 2. The lowest BCUT2D eigenvalue weighted by molar-refractivity contribution is 0.310. The summed E-state index contributed by atoms with van der Waals surface area (Å²) >= 11 is 6.04. The average molecular weight is 530 g/mol. The molecule has 1 aliphatic rings. The minimum atomic E-state index is -3.73. The standard InChI is InChI=1S/C27H36ClN5O2S/c1-21(2)14-15-32(36(34,35)25-12-10-23(28)11-13-25)20-26-22(3)29-33(24-8-6-5-7-9-24)27(26)31-18-16-30(4)17-19-31/h5-13,21H,14-20H2,1-4H3. The van der Waals surface area contributed by atoms with Gasteiger partial charge in [0.25, 0.3) is 0 Å². The van der Waals surface area contributed by atoms with E-state index in [0.29, 0.717) is 17.5 Å². The van der Waals surface area contributed by atoms with Crippen molar-refractivity contribution in [2.45, 2.75) is 38.6 Å². The topological polar surface area (TPSA) is 61.7 Å². The van der Waals surface area contributed by atoms with Crippen molar-refractivity contribution < 1.29 is 8.42 Å². The van der Waals surface area contributed by atoms with E-state index in [1.54, 1.807) is 28.6 Å². The number of benzene rings is 2. The zero-order chi connectivity index (χ0) is 25.9. The Morgan fingerprint density at radius 1 is 1.00 bits per heavy atom. The van der Waals surface area contributed by atoms with Crippen molar-refractivity contribution in [2.24, 2.45) is 5.92 Å². The van der Waals surface area contributed by atoms with Gasteiger partial charge in [-0.2, -0.15) is 9.40 Å². The second-order valence-electron chi connectivity index (χ2n) is 9.90. The summed E-state index contributed by atoms with van der Waals surface area (Å²) in [6, 6.07) is 16.5. The number of hydrogen-bond acceptors (Lipinski definition) is 5. The fourth-order valence-corrected chi connectivity index (χ4v) is 5.99. The number of piperazine rings is 1. The second-order valence-corrected chi connectivity index (χ2v) is 12.3. The number of aryl methyl sites for hydroxylation is 1. The second kappa shape index (κ2) is 11.3. The fraction of sp³-hybridized carbons (Fsp3) is 0.444. The smallest absolute Gasteiger partial charge is 0.243 e. The van der Waals surface area contributed by atoms with Gasteiger partial charge in [0.2, 0.25) is 10.0 Å². The molecular formula is C27H36ClN5O2S. The summed E-state index contributed by atoms with van der Waals surface area (Å²) in [5, 5.41) is 5.43. The van der Waals surface area contributed by atoms with E-state index in [1.807, 2.05) is 41.9 Å². The van der Waals surface area contributed by atoms with Gasteiger partial charge in [-0.05, 0) is 62.7 Å². The number of nitrogens with zero attached hydrogens (tertiary/aromatic N) is 5. The lowest BCUT2D eigenvalue weighted by Gasteiger charge is -2.35. The molecule has 0 aliphatic carbocycles. The molecule has 4 rings (SSSR count). The van der Waals surface area contributed by atoms with Crippen LogP contribution in [0.1, 0.15) is 31.5 Å². The monoisotopic (exact) mass is 529 g/mol. The maximum Gasteiger partial charge on any atom is 0.243 e. The Balaban J connectivity index is 1.78. The third kappa shape index (κ3) is 5.94. The molecule has 1 fully saturated rings. The number of rotatable bonds is 9. The first-order valence-electron chi connectivity index (χ1n) is 12.5. The minimum Gasteiger partial charge on any atom is -0.354 e. The molecule has 1 saturated heterocycles. The highest BCUT2D eigenvalue weighted by atomic mass is 35.5. The van der Waals surface area contributed by atoms with Crippen LogP contribution in [-0.2, 0) is 16.6 Å². The van der Waals surface area contributed by atoms with Gasteiger partial charge in [0.05, 0.1) is 16.3 Å². The Hall–Kier alpha value is -2.39. The SMILES string of the molecule is Cc1nn(-c2ccccc2)c(N2CCN(C)CC2)c1CN(CCC(C)C)S(=O)(=O)c1ccc(Cl)cc1. The number of halogens is 1. The van der Waals surface area contributed by atoms with Gasteiger partial charge in [-0.1, -0.05) is 43.6 Å². The highest BCUT2D eigenvalue weighted by Gasteiger charge is 2.30. The van der Waals surface area contributed by atoms with Crippen LogP contribution in [0.2, 0.25) is 5.02 Å². The van der Waals surface area contributed by atoms with E-state index in [2.05, 4.69) is 30.7 Å². The largest absolute Gasteiger partial charge is 0.354 e. The summed E-state index contributed by atoms with van der Waals surface area (Å²) in [6.45, 7) is 10.5. The van der Waals surface area contributed by atoms with Gasteiger partial charge in [-0.15, -0.1) is 0 Å². The molecule has 9 heteroatoms. The van der Waals surface area contributed by atoms with Crippen molar-refractivity contribution >= 4 is 27.4 Å². The Kier molecular flexibility index (Phi) is 8.40. The lowest BCUT2D eigenvalue weighted by atomic mass is 10.1. The third-order valence-electron chi connectivity index (χ3n) is 6.70. The van der Waals surface area contributed by atoms with E-state index in [4.69, 9.17) is 16.7 Å². The van der Waals surface area contributed by atoms with Crippen molar-refractivity contribution in [3.8, 4) is 5.69 Å². The quantitative estimate of drug-likeness (QED) is 0.397. The van der Waals surface area contributed by atoms with Gasteiger partial charge in [0.15, 0.2) is 0 Å². The Morgan fingerprint density at radius 2 is 1.64 bits per heavy atom. The van der Waals surface area contributed by atoms with Crippen molar-refractivity contribution in [1.29, 1.82) is 0 Å². The van der Waals surface area contributed by atoms with Crippen molar-refractivity contribution in [3.05, 3.63) is 70.9 Å². The molecule has 0 spiro atoms. The van der Waals surface area contributed by atoms with Crippen LogP contribution in [0.3, 0.4) is 0 Å². The molecule has 36 heavy (non-hydrogen) atoms. The fourth-order valence-electron chi connectivity index (χ4n) is 4.44. The molecule has 0 bridgehead atoms. The molecule has 0 saturated carbocycles. The number of sulfonamides is 1. The third-order valence-corrected chi connectivity index (χ3v) is 8.81. The average Bonchev–Trinajstić information content (AvgIpc) is 3.18.